The van der Waals surface area contributed by atoms with Gasteiger partial charge in [-0.3, -0.25) is 4.79 Å². The summed E-state index contributed by atoms with van der Waals surface area (Å²) >= 11 is 6.82. The van der Waals surface area contributed by atoms with E-state index in [4.69, 9.17) is 9.47 Å². The maximum absolute atomic E-state index is 13.1. The minimum atomic E-state index is -0.523. The molecule has 0 aliphatic carbocycles. The van der Waals surface area contributed by atoms with E-state index in [1.54, 1.807) is 48.5 Å². The summed E-state index contributed by atoms with van der Waals surface area (Å²) in [6, 6.07) is 18.4. The van der Waals surface area contributed by atoms with Crippen LogP contribution in [0.2, 0.25) is 0 Å². The SMILES string of the molecule is CCOc1cc(/C=C(\C#N)C(=O)Nc2ccc(Br)cc2)cc(Br)c1OCc1ccc(F)cc1. The number of rotatable bonds is 8. The van der Waals surface area contributed by atoms with Crippen molar-refractivity contribution in [2.75, 3.05) is 11.9 Å². The zero-order valence-corrected chi connectivity index (χ0v) is 20.7. The van der Waals surface area contributed by atoms with E-state index in [-0.39, 0.29) is 18.0 Å². The second kappa shape index (κ2) is 11.6. The zero-order chi connectivity index (χ0) is 23.8. The molecule has 0 radical (unpaired) electrons. The first-order valence-electron chi connectivity index (χ1n) is 9.92. The van der Waals surface area contributed by atoms with Crippen LogP contribution in [0.15, 0.2) is 75.2 Å². The van der Waals surface area contributed by atoms with Gasteiger partial charge in [-0.1, -0.05) is 28.1 Å². The molecule has 0 unspecified atom stereocenters. The number of hydrogen-bond acceptors (Lipinski definition) is 4. The first-order chi connectivity index (χ1) is 15.9. The van der Waals surface area contributed by atoms with Crippen LogP contribution in [0.25, 0.3) is 6.08 Å². The van der Waals surface area contributed by atoms with Gasteiger partial charge >= 0.3 is 0 Å². The molecule has 3 aromatic carbocycles. The number of benzene rings is 3. The smallest absolute Gasteiger partial charge is 0.266 e. The molecule has 0 heterocycles. The van der Waals surface area contributed by atoms with Crippen molar-refractivity contribution in [3.05, 3.63) is 92.1 Å². The molecule has 5 nitrogen and oxygen atoms in total. The second-order valence-electron chi connectivity index (χ2n) is 6.81. The minimum Gasteiger partial charge on any atom is -0.490 e. The van der Waals surface area contributed by atoms with Crippen LogP contribution >= 0.6 is 31.9 Å². The van der Waals surface area contributed by atoms with Gasteiger partial charge in [0.2, 0.25) is 0 Å². The van der Waals surface area contributed by atoms with E-state index >= 15 is 0 Å². The third kappa shape index (κ3) is 6.91. The van der Waals surface area contributed by atoms with E-state index in [1.165, 1.54) is 18.2 Å². The summed E-state index contributed by atoms with van der Waals surface area (Å²) in [6.07, 6.45) is 1.48. The molecule has 168 valence electrons. The maximum atomic E-state index is 13.1. The Bertz CT molecular complexity index is 1200. The van der Waals surface area contributed by atoms with Gasteiger partial charge in [0, 0.05) is 10.2 Å². The molecular weight excluding hydrogens is 555 g/mol. The zero-order valence-electron chi connectivity index (χ0n) is 17.6. The number of carbonyl (C=O) groups is 1. The Balaban J connectivity index is 1.83. The van der Waals surface area contributed by atoms with Gasteiger partial charge in [-0.05, 0) is 88.6 Å². The summed E-state index contributed by atoms with van der Waals surface area (Å²) in [5, 5.41) is 12.2. The molecule has 0 spiro atoms. The summed E-state index contributed by atoms with van der Waals surface area (Å²) in [6.45, 7) is 2.45. The van der Waals surface area contributed by atoms with E-state index in [1.807, 2.05) is 13.0 Å². The maximum Gasteiger partial charge on any atom is 0.266 e. The Morgan fingerprint density at radius 1 is 1.09 bits per heavy atom. The van der Waals surface area contributed by atoms with Gasteiger partial charge in [0.15, 0.2) is 11.5 Å². The number of nitrogens with zero attached hydrogens (tertiary/aromatic N) is 1. The van der Waals surface area contributed by atoms with E-state index in [0.29, 0.717) is 33.8 Å². The van der Waals surface area contributed by atoms with E-state index in [9.17, 15) is 14.4 Å². The highest BCUT2D eigenvalue weighted by Gasteiger charge is 2.15. The van der Waals surface area contributed by atoms with Gasteiger partial charge < -0.3 is 14.8 Å². The van der Waals surface area contributed by atoms with Crippen molar-refractivity contribution in [1.29, 1.82) is 5.26 Å². The third-order valence-electron chi connectivity index (χ3n) is 4.41. The number of carbonyl (C=O) groups excluding carboxylic acids is 1. The van der Waals surface area contributed by atoms with Crippen molar-refractivity contribution >= 4 is 49.5 Å². The molecule has 0 bridgehead atoms. The summed E-state index contributed by atoms with van der Waals surface area (Å²) in [5.41, 5.74) is 1.89. The molecule has 0 atom stereocenters. The van der Waals surface area contributed by atoms with Gasteiger partial charge in [-0.15, -0.1) is 0 Å². The van der Waals surface area contributed by atoms with Crippen LogP contribution in [0.1, 0.15) is 18.1 Å². The molecule has 0 saturated carbocycles. The van der Waals surface area contributed by atoms with Crippen LogP contribution in [-0.2, 0) is 11.4 Å². The Morgan fingerprint density at radius 3 is 2.42 bits per heavy atom. The first-order valence-corrected chi connectivity index (χ1v) is 11.5. The number of amides is 1. The number of hydrogen-bond donors (Lipinski definition) is 1. The standard InChI is InChI=1S/C25H19Br2FN2O3/c1-2-32-23-13-17(11-18(14-29)25(31)30-21-9-5-19(26)6-10-21)12-22(27)24(23)33-15-16-3-7-20(28)8-4-16/h3-13H,2,15H2,1H3,(H,30,31)/b18-11+. The lowest BCUT2D eigenvalue weighted by Crippen LogP contribution is -2.13. The van der Waals surface area contributed by atoms with Crippen LogP contribution in [0, 0.1) is 17.1 Å². The Morgan fingerprint density at radius 2 is 1.79 bits per heavy atom. The van der Waals surface area contributed by atoms with Crippen molar-refractivity contribution in [3.63, 3.8) is 0 Å². The molecule has 1 amide bonds. The molecule has 3 aromatic rings. The predicted molar refractivity (Wildman–Crippen MR) is 132 cm³/mol. The number of nitriles is 1. The summed E-state index contributed by atoms with van der Waals surface area (Å²) in [5.74, 6) is 0.0797. The summed E-state index contributed by atoms with van der Waals surface area (Å²) in [4.78, 5) is 12.6. The van der Waals surface area contributed by atoms with Crippen molar-refractivity contribution in [1.82, 2.24) is 0 Å². The molecular formula is C25H19Br2FN2O3. The fraction of sp³-hybridized carbons (Fsp3) is 0.120. The normalized spacial score (nSPS) is 10.9. The Kier molecular flexibility index (Phi) is 8.64. The average molecular weight is 574 g/mol. The lowest BCUT2D eigenvalue weighted by atomic mass is 10.1. The Hall–Kier alpha value is -3.15. The van der Waals surface area contributed by atoms with E-state index in [2.05, 4.69) is 37.2 Å². The largest absolute Gasteiger partial charge is 0.490 e. The van der Waals surface area contributed by atoms with Gasteiger partial charge in [0.25, 0.3) is 5.91 Å². The predicted octanol–water partition coefficient (Wildman–Crippen LogP) is 6.87. The quantitative estimate of drug-likeness (QED) is 0.236. The minimum absolute atomic E-state index is 0.0627. The third-order valence-corrected chi connectivity index (χ3v) is 5.52. The highest BCUT2D eigenvalue weighted by molar-refractivity contribution is 9.10. The van der Waals surface area contributed by atoms with Gasteiger partial charge in [-0.25, -0.2) is 4.39 Å². The number of nitrogens with one attached hydrogen (secondary N) is 1. The van der Waals surface area contributed by atoms with Crippen LogP contribution in [0.3, 0.4) is 0 Å². The summed E-state index contributed by atoms with van der Waals surface area (Å²) in [7, 11) is 0. The summed E-state index contributed by atoms with van der Waals surface area (Å²) < 4.78 is 26.2. The number of anilines is 1. The second-order valence-corrected chi connectivity index (χ2v) is 8.58. The topological polar surface area (TPSA) is 71.3 Å². The van der Waals surface area contributed by atoms with E-state index < -0.39 is 5.91 Å². The lowest BCUT2D eigenvalue weighted by Gasteiger charge is -2.15. The van der Waals surface area contributed by atoms with Crippen LogP contribution in [0.5, 0.6) is 11.5 Å². The van der Waals surface area contributed by atoms with Crippen molar-refractivity contribution in [3.8, 4) is 17.6 Å². The molecule has 33 heavy (non-hydrogen) atoms. The van der Waals surface area contributed by atoms with Crippen molar-refractivity contribution in [2.24, 2.45) is 0 Å². The molecule has 3 rings (SSSR count). The van der Waals surface area contributed by atoms with Gasteiger partial charge in [0.1, 0.15) is 24.1 Å². The first kappa shape index (κ1) is 24.5. The van der Waals surface area contributed by atoms with Crippen molar-refractivity contribution in [2.45, 2.75) is 13.5 Å². The molecule has 0 aliphatic rings. The lowest BCUT2D eigenvalue weighted by molar-refractivity contribution is -0.112. The van der Waals surface area contributed by atoms with Crippen LogP contribution < -0.4 is 14.8 Å². The molecule has 1 N–H and O–H groups in total. The fourth-order valence-electron chi connectivity index (χ4n) is 2.86. The number of halogens is 3. The van der Waals surface area contributed by atoms with Gasteiger partial charge in [0.05, 0.1) is 11.1 Å². The van der Waals surface area contributed by atoms with Crippen molar-refractivity contribution < 1.29 is 18.7 Å². The molecule has 0 fully saturated rings. The average Bonchev–Trinajstić information content (AvgIpc) is 2.79. The molecule has 0 aromatic heterocycles. The molecule has 0 aliphatic heterocycles. The monoisotopic (exact) mass is 572 g/mol. The van der Waals surface area contributed by atoms with Crippen LogP contribution in [-0.4, -0.2) is 12.5 Å². The molecule has 0 saturated heterocycles. The highest BCUT2D eigenvalue weighted by atomic mass is 79.9. The highest BCUT2D eigenvalue weighted by Crippen LogP contribution is 2.38. The van der Waals surface area contributed by atoms with Crippen LogP contribution in [0.4, 0.5) is 10.1 Å². The van der Waals surface area contributed by atoms with E-state index in [0.717, 1.165) is 10.0 Å². The molecule has 8 heteroatoms. The van der Waals surface area contributed by atoms with Gasteiger partial charge in [-0.2, -0.15) is 5.26 Å². The Labute approximate surface area is 208 Å². The number of ether oxygens (including phenoxy) is 2. The fourth-order valence-corrected chi connectivity index (χ4v) is 3.70.